The second-order valence-electron chi connectivity index (χ2n) is 7.78. The number of likely N-dealkylation sites (tertiary alicyclic amines) is 1. The Kier molecular flexibility index (Phi) is 5.28. The third-order valence-electron chi connectivity index (χ3n) is 5.85. The third-order valence-corrected chi connectivity index (χ3v) is 5.85. The first-order valence-electron chi connectivity index (χ1n) is 10.2. The van der Waals surface area contributed by atoms with Gasteiger partial charge in [-0.1, -0.05) is 30.3 Å². The number of ether oxygens (including phenoxy) is 1. The first-order chi connectivity index (χ1) is 14.0. The van der Waals surface area contributed by atoms with Crippen LogP contribution in [0.25, 0.3) is 10.8 Å². The SMILES string of the molecule is CCn1cc(CN2CCC(Oc3ccc4ccccc4c3)(C(=O)O)CC2)c(C)n1. The zero-order valence-electron chi connectivity index (χ0n) is 17.0. The average molecular weight is 393 g/mol. The summed E-state index contributed by atoms with van der Waals surface area (Å²) >= 11 is 0. The van der Waals surface area contributed by atoms with Gasteiger partial charge in [0.05, 0.1) is 5.69 Å². The van der Waals surface area contributed by atoms with Crippen LogP contribution >= 0.6 is 0 Å². The monoisotopic (exact) mass is 393 g/mol. The summed E-state index contributed by atoms with van der Waals surface area (Å²) in [5, 5.41) is 16.6. The Labute approximate surface area is 170 Å². The van der Waals surface area contributed by atoms with Crippen LogP contribution in [0, 0.1) is 6.92 Å². The molecule has 3 aromatic rings. The zero-order chi connectivity index (χ0) is 20.4. The molecule has 1 aliphatic heterocycles. The largest absolute Gasteiger partial charge is 0.478 e. The molecule has 0 spiro atoms. The molecule has 1 N–H and O–H groups in total. The Morgan fingerprint density at radius 3 is 2.55 bits per heavy atom. The maximum absolute atomic E-state index is 12.1. The van der Waals surface area contributed by atoms with E-state index in [4.69, 9.17) is 4.74 Å². The van der Waals surface area contributed by atoms with Crippen molar-refractivity contribution in [2.24, 2.45) is 0 Å². The molecule has 2 aromatic carbocycles. The molecule has 6 heteroatoms. The molecule has 152 valence electrons. The number of benzene rings is 2. The van der Waals surface area contributed by atoms with Gasteiger partial charge in [-0.2, -0.15) is 5.10 Å². The Bertz CT molecular complexity index is 1020. The summed E-state index contributed by atoms with van der Waals surface area (Å²) in [5.74, 6) is -0.278. The number of fused-ring (bicyclic) bond motifs is 1. The molecule has 4 rings (SSSR count). The molecule has 0 aliphatic carbocycles. The van der Waals surface area contributed by atoms with Gasteiger partial charge >= 0.3 is 5.97 Å². The lowest BCUT2D eigenvalue weighted by atomic mass is 9.90. The summed E-state index contributed by atoms with van der Waals surface area (Å²) in [6, 6.07) is 13.8. The summed E-state index contributed by atoms with van der Waals surface area (Å²) < 4.78 is 8.06. The number of carboxylic acid groups (broad SMARTS) is 1. The van der Waals surface area contributed by atoms with Crippen molar-refractivity contribution >= 4 is 16.7 Å². The van der Waals surface area contributed by atoms with Crippen LogP contribution in [0.5, 0.6) is 5.75 Å². The Hall–Kier alpha value is -2.86. The van der Waals surface area contributed by atoms with Gasteiger partial charge in [-0.15, -0.1) is 0 Å². The van der Waals surface area contributed by atoms with Gasteiger partial charge in [0.1, 0.15) is 5.75 Å². The standard InChI is InChI=1S/C23H27N3O3/c1-3-26-16-20(17(2)24-26)15-25-12-10-23(11-13-25,22(27)28)29-21-9-8-18-6-4-5-7-19(18)14-21/h4-9,14,16H,3,10-13,15H2,1-2H3,(H,27,28). The van der Waals surface area contributed by atoms with Crippen molar-refractivity contribution in [3.05, 3.63) is 59.9 Å². The van der Waals surface area contributed by atoms with Gasteiger partial charge in [0.2, 0.25) is 5.60 Å². The summed E-state index contributed by atoms with van der Waals surface area (Å²) in [4.78, 5) is 14.4. The number of aliphatic carboxylic acids is 1. The van der Waals surface area contributed by atoms with E-state index in [1.165, 1.54) is 5.56 Å². The molecule has 0 amide bonds. The molecule has 0 saturated carbocycles. The molecular formula is C23H27N3O3. The summed E-state index contributed by atoms with van der Waals surface area (Å²) in [6.45, 7) is 7.09. The number of carboxylic acids is 1. The topological polar surface area (TPSA) is 67.6 Å². The fourth-order valence-electron chi connectivity index (χ4n) is 4.01. The number of carbonyl (C=O) groups is 1. The number of hydrogen-bond acceptors (Lipinski definition) is 4. The Morgan fingerprint density at radius 2 is 1.90 bits per heavy atom. The van der Waals surface area contributed by atoms with Crippen molar-refractivity contribution in [2.45, 2.75) is 45.4 Å². The first kappa shape index (κ1) is 19.5. The van der Waals surface area contributed by atoms with Crippen LogP contribution in [0.1, 0.15) is 31.0 Å². The van der Waals surface area contributed by atoms with Gasteiger partial charge in [0.15, 0.2) is 0 Å². The number of rotatable bonds is 6. The average Bonchev–Trinajstić information content (AvgIpc) is 3.09. The summed E-state index contributed by atoms with van der Waals surface area (Å²) in [5.41, 5.74) is 1.06. The molecule has 29 heavy (non-hydrogen) atoms. The molecule has 1 fully saturated rings. The highest BCUT2D eigenvalue weighted by Crippen LogP contribution is 2.31. The Morgan fingerprint density at radius 1 is 1.17 bits per heavy atom. The van der Waals surface area contributed by atoms with E-state index in [0.717, 1.165) is 29.6 Å². The number of nitrogens with zero attached hydrogens (tertiary/aromatic N) is 3. The van der Waals surface area contributed by atoms with E-state index in [9.17, 15) is 9.90 Å². The number of hydrogen-bond donors (Lipinski definition) is 1. The molecule has 0 unspecified atom stereocenters. The van der Waals surface area contributed by atoms with Crippen molar-refractivity contribution in [3.63, 3.8) is 0 Å². The molecule has 1 saturated heterocycles. The van der Waals surface area contributed by atoms with E-state index in [0.29, 0.717) is 31.7 Å². The van der Waals surface area contributed by atoms with Crippen LogP contribution in [0.2, 0.25) is 0 Å². The number of piperidine rings is 1. The van der Waals surface area contributed by atoms with E-state index in [1.54, 1.807) is 0 Å². The molecule has 0 atom stereocenters. The van der Waals surface area contributed by atoms with Crippen molar-refractivity contribution < 1.29 is 14.6 Å². The molecule has 6 nitrogen and oxygen atoms in total. The van der Waals surface area contributed by atoms with Gasteiger partial charge in [-0.05, 0) is 36.8 Å². The van der Waals surface area contributed by atoms with Crippen molar-refractivity contribution in [1.29, 1.82) is 0 Å². The van der Waals surface area contributed by atoms with Crippen LogP contribution in [0.4, 0.5) is 0 Å². The quantitative estimate of drug-likeness (QED) is 0.689. The minimum absolute atomic E-state index is 0.454. The van der Waals surface area contributed by atoms with Gasteiger partial charge < -0.3 is 9.84 Å². The zero-order valence-corrected chi connectivity index (χ0v) is 17.0. The van der Waals surface area contributed by atoms with Gasteiger partial charge in [0.25, 0.3) is 0 Å². The predicted octanol–water partition coefficient (Wildman–Crippen LogP) is 3.86. The van der Waals surface area contributed by atoms with Crippen LogP contribution in [-0.2, 0) is 17.9 Å². The van der Waals surface area contributed by atoms with E-state index >= 15 is 0 Å². The summed E-state index contributed by atoms with van der Waals surface area (Å²) in [7, 11) is 0. The van der Waals surface area contributed by atoms with E-state index in [-0.39, 0.29) is 0 Å². The second kappa shape index (κ2) is 7.87. The fourth-order valence-corrected chi connectivity index (χ4v) is 4.01. The van der Waals surface area contributed by atoms with Crippen molar-refractivity contribution in [2.75, 3.05) is 13.1 Å². The van der Waals surface area contributed by atoms with E-state index in [2.05, 4.69) is 23.1 Å². The lowest BCUT2D eigenvalue weighted by Gasteiger charge is -2.38. The van der Waals surface area contributed by atoms with Gasteiger partial charge in [-0.25, -0.2) is 4.79 Å². The predicted molar refractivity (Wildman–Crippen MR) is 112 cm³/mol. The molecule has 2 heterocycles. The highest BCUT2D eigenvalue weighted by atomic mass is 16.5. The van der Waals surface area contributed by atoms with Crippen molar-refractivity contribution in [3.8, 4) is 5.75 Å². The number of aryl methyl sites for hydroxylation is 2. The van der Waals surface area contributed by atoms with Crippen LogP contribution in [0.15, 0.2) is 48.7 Å². The summed E-state index contributed by atoms with van der Waals surface area (Å²) in [6.07, 6.45) is 2.99. The third kappa shape index (κ3) is 3.98. The molecule has 1 aromatic heterocycles. The lowest BCUT2D eigenvalue weighted by molar-refractivity contribution is -0.159. The molecular weight excluding hydrogens is 366 g/mol. The first-order valence-corrected chi connectivity index (χ1v) is 10.2. The normalized spacial score (nSPS) is 16.8. The smallest absolute Gasteiger partial charge is 0.348 e. The second-order valence-corrected chi connectivity index (χ2v) is 7.78. The van der Waals surface area contributed by atoms with Crippen molar-refractivity contribution in [1.82, 2.24) is 14.7 Å². The fraction of sp³-hybridized carbons (Fsp3) is 0.391. The highest BCUT2D eigenvalue weighted by Gasteiger charge is 2.44. The minimum atomic E-state index is -1.18. The maximum Gasteiger partial charge on any atom is 0.348 e. The maximum atomic E-state index is 12.1. The minimum Gasteiger partial charge on any atom is -0.478 e. The van der Waals surface area contributed by atoms with Crippen LogP contribution < -0.4 is 4.74 Å². The molecule has 0 radical (unpaired) electrons. The Balaban J connectivity index is 1.46. The molecule has 1 aliphatic rings. The van der Waals surface area contributed by atoms with E-state index < -0.39 is 11.6 Å². The van der Waals surface area contributed by atoms with E-state index in [1.807, 2.05) is 54.1 Å². The number of aromatic nitrogens is 2. The van der Waals surface area contributed by atoms with Gasteiger partial charge in [-0.3, -0.25) is 9.58 Å². The van der Waals surface area contributed by atoms with Crippen LogP contribution in [0.3, 0.4) is 0 Å². The van der Waals surface area contributed by atoms with Crippen LogP contribution in [-0.4, -0.2) is 44.4 Å². The lowest BCUT2D eigenvalue weighted by Crippen LogP contribution is -2.53. The highest BCUT2D eigenvalue weighted by molar-refractivity contribution is 5.84. The molecule has 0 bridgehead atoms. The van der Waals surface area contributed by atoms with Gasteiger partial charge in [0, 0.05) is 50.8 Å².